The lowest BCUT2D eigenvalue weighted by molar-refractivity contribution is 0.0600. The Morgan fingerprint density at radius 2 is 1.53 bits per heavy atom. The second-order valence-corrected chi connectivity index (χ2v) is 10.8. The van der Waals surface area contributed by atoms with E-state index in [4.69, 9.17) is 19.8 Å². The average molecular weight is 567 g/mol. The molecule has 2 aliphatic rings. The second-order valence-electron chi connectivity index (χ2n) is 10.8. The molecule has 0 radical (unpaired) electrons. The quantitative estimate of drug-likeness (QED) is 0.230. The number of nitrogens with one attached hydrogen (secondary N) is 1. The van der Waals surface area contributed by atoms with Crippen LogP contribution >= 0.6 is 0 Å². The molecule has 0 bridgehead atoms. The van der Waals surface area contributed by atoms with Crippen LogP contribution in [0.4, 0.5) is 22.9 Å². The van der Waals surface area contributed by atoms with Gasteiger partial charge in [-0.05, 0) is 86.0 Å². The molecule has 4 aromatic carbocycles. The van der Waals surface area contributed by atoms with Crippen LogP contribution in [0.3, 0.4) is 0 Å². The lowest BCUT2D eigenvalue weighted by Gasteiger charge is -2.40. The van der Waals surface area contributed by atoms with Crippen LogP contribution in [0, 0.1) is 20.8 Å². The molecule has 5 aromatic rings. The Balaban J connectivity index is 1.47. The van der Waals surface area contributed by atoms with Crippen molar-refractivity contribution in [2.45, 2.75) is 26.8 Å². The van der Waals surface area contributed by atoms with Crippen LogP contribution in [0.25, 0.3) is 5.69 Å². The number of hydrogen-bond acceptors (Lipinski definition) is 7. The molecule has 2 aliphatic heterocycles. The highest BCUT2D eigenvalue weighted by molar-refractivity contribution is 6.51. The molecule has 1 unspecified atom stereocenters. The molecule has 0 spiro atoms. The number of amidine groups is 2. The first-order chi connectivity index (χ1) is 20.9. The number of aryl methyl sites for hydroxylation is 3. The van der Waals surface area contributed by atoms with Crippen molar-refractivity contribution in [3.63, 3.8) is 0 Å². The van der Waals surface area contributed by atoms with Gasteiger partial charge >= 0.3 is 5.97 Å². The maximum atomic E-state index is 12.3. The fraction of sp³-hybridized carbons (Fsp3) is 0.143. The third-order valence-corrected chi connectivity index (χ3v) is 7.77. The van der Waals surface area contributed by atoms with Crippen LogP contribution in [0.2, 0.25) is 0 Å². The van der Waals surface area contributed by atoms with Crippen molar-refractivity contribution in [3.05, 3.63) is 131 Å². The largest absolute Gasteiger partial charge is 0.465 e. The lowest BCUT2D eigenvalue weighted by Crippen LogP contribution is -2.46. The number of anilines is 2. The van der Waals surface area contributed by atoms with E-state index in [1.165, 1.54) is 7.11 Å². The standard InChI is InChI=1S/C35H30N6O2/c1-21-18-22(2)20-26(19-21)36-32-34-38-33-30(23(3)39-41(33)27-10-6-5-7-11-27)31(24-14-16-25(17-15-24)35(42)43-4)40(34)29-13-9-8-12-28(29)37-32/h5-20,31H,1-4H3,(H,36,37). The van der Waals surface area contributed by atoms with Crippen molar-refractivity contribution in [1.29, 1.82) is 0 Å². The fourth-order valence-corrected chi connectivity index (χ4v) is 5.97. The first-order valence-electron chi connectivity index (χ1n) is 14.2. The Kier molecular flexibility index (Phi) is 6.39. The SMILES string of the molecule is COC(=O)c1ccc(C2c3c(C)nn(-c4ccccc4)c3N=C3C(Nc4cc(C)cc(C)c4)=Nc4ccccc4N32)cc1. The molecule has 1 aromatic heterocycles. The van der Waals surface area contributed by atoms with Crippen LogP contribution in [0.15, 0.2) is 107 Å². The van der Waals surface area contributed by atoms with Gasteiger partial charge in [0.15, 0.2) is 17.5 Å². The highest BCUT2D eigenvalue weighted by Gasteiger charge is 2.41. The zero-order valence-corrected chi connectivity index (χ0v) is 24.4. The van der Waals surface area contributed by atoms with Gasteiger partial charge in [-0.1, -0.05) is 48.5 Å². The summed E-state index contributed by atoms with van der Waals surface area (Å²) in [5, 5.41) is 8.58. The van der Waals surface area contributed by atoms with Gasteiger partial charge in [0.25, 0.3) is 0 Å². The summed E-state index contributed by atoms with van der Waals surface area (Å²) in [6.45, 7) is 6.19. The smallest absolute Gasteiger partial charge is 0.337 e. The minimum atomic E-state index is -0.374. The number of ether oxygens (including phenoxy) is 1. The molecule has 3 heterocycles. The lowest BCUT2D eigenvalue weighted by atomic mass is 9.92. The molecule has 212 valence electrons. The van der Waals surface area contributed by atoms with Crippen molar-refractivity contribution >= 4 is 40.5 Å². The van der Waals surface area contributed by atoms with Gasteiger partial charge in [0.2, 0.25) is 0 Å². The van der Waals surface area contributed by atoms with Crippen LogP contribution in [0.1, 0.15) is 44.3 Å². The highest BCUT2D eigenvalue weighted by Crippen LogP contribution is 2.48. The maximum absolute atomic E-state index is 12.3. The van der Waals surface area contributed by atoms with Crippen molar-refractivity contribution < 1.29 is 9.53 Å². The fourth-order valence-electron chi connectivity index (χ4n) is 5.97. The first kappa shape index (κ1) is 26.4. The molecule has 0 fully saturated rings. The molecule has 1 atom stereocenters. The van der Waals surface area contributed by atoms with E-state index in [9.17, 15) is 4.79 Å². The molecule has 8 nitrogen and oxygen atoms in total. The summed E-state index contributed by atoms with van der Waals surface area (Å²) < 4.78 is 6.87. The Morgan fingerprint density at radius 1 is 0.837 bits per heavy atom. The van der Waals surface area contributed by atoms with Crippen LogP contribution in [0.5, 0.6) is 0 Å². The predicted molar refractivity (Wildman–Crippen MR) is 171 cm³/mol. The summed E-state index contributed by atoms with van der Waals surface area (Å²) in [4.78, 5) is 24.9. The number of nitrogens with zero attached hydrogens (tertiary/aromatic N) is 5. The van der Waals surface area contributed by atoms with Gasteiger partial charge in [-0.3, -0.25) is 0 Å². The normalized spacial score (nSPS) is 15.1. The van der Waals surface area contributed by atoms with E-state index in [0.29, 0.717) is 17.2 Å². The van der Waals surface area contributed by atoms with Gasteiger partial charge in [-0.15, -0.1) is 0 Å². The van der Waals surface area contributed by atoms with E-state index in [2.05, 4.69) is 48.3 Å². The number of carbonyl (C=O) groups is 1. The van der Waals surface area contributed by atoms with Crippen LogP contribution in [-0.4, -0.2) is 34.5 Å². The third-order valence-electron chi connectivity index (χ3n) is 7.77. The monoisotopic (exact) mass is 566 g/mol. The third kappa shape index (κ3) is 4.57. The molecule has 7 rings (SSSR count). The van der Waals surface area contributed by atoms with Crippen molar-refractivity contribution in [2.24, 2.45) is 9.98 Å². The van der Waals surface area contributed by atoms with Gasteiger partial charge in [0, 0.05) is 11.3 Å². The van der Waals surface area contributed by atoms with Crippen molar-refractivity contribution in [3.8, 4) is 5.69 Å². The van der Waals surface area contributed by atoms with Crippen molar-refractivity contribution in [2.75, 3.05) is 17.3 Å². The molecular weight excluding hydrogens is 536 g/mol. The summed E-state index contributed by atoms with van der Waals surface area (Å²) in [5.74, 6) is 1.70. The second kappa shape index (κ2) is 10.4. The number of methoxy groups -OCH3 is 1. The molecule has 0 saturated carbocycles. The molecule has 8 heteroatoms. The summed E-state index contributed by atoms with van der Waals surface area (Å²) in [6, 6.07) is 31.8. The Morgan fingerprint density at radius 3 is 2.26 bits per heavy atom. The topological polar surface area (TPSA) is 84.1 Å². The Labute approximate surface area is 250 Å². The van der Waals surface area contributed by atoms with Crippen molar-refractivity contribution in [1.82, 2.24) is 9.78 Å². The average Bonchev–Trinajstić information content (AvgIpc) is 3.35. The molecule has 0 saturated heterocycles. The number of aliphatic imine (C=N–C) groups is 2. The van der Waals surface area contributed by atoms with E-state index in [1.54, 1.807) is 0 Å². The molecule has 0 amide bonds. The summed E-state index contributed by atoms with van der Waals surface area (Å²) in [6.07, 6.45) is 0. The molecular formula is C35H30N6O2. The molecule has 1 N–H and O–H groups in total. The maximum Gasteiger partial charge on any atom is 0.337 e. The summed E-state index contributed by atoms with van der Waals surface area (Å²) >= 11 is 0. The molecule has 0 aliphatic carbocycles. The number of benzene rings is 4. The van der Waals surface area contributed by atoms with Gasteiger partial charge < -0.3 is 15.0 Å². The Bertz CT molecular complexity index is 1920. The number of fused-ring (bicyclic) bond motifs is 4. The number of esters is 1. The number of carbonyl (C=O) groups excluding carboxylic acids is 1. The Hall–Kier alpha value is -5.50. The zero-order chi connectivity index (χ0) is 29.7. The summed E-state index contributed by atoms with van der Waals surface area (Å²) in [7, 11) is 1.39. The summed E-state index contributed by atoms with van der Waals surface area (Å²) in [5.41, 5.74) is 9.28. The number of hydrogen-bond donors (Lipinski definition) is 1. The number of rotatable bonds is 4. The van der Waals surface area contributed by atoms with Crippen LogP contribution in [-0.2, 0) is 4.74 Å². The minimum absolute atomic E-state index is 0.292. The number of para-hydroxylation sites is 3. The highest BCUT2D eigenvalue weighted by atomic mass is 16.5. The zero-order valence-electron chi connectivity index (χ0n) is 24.4. The van der Waals surface area contributed by atoms with Gasteiger partial charge in [0.05, 0.1) is 41.5 Å². The van der Waals surface area contributed by atoms with E-state index in [0.717, 1.165) is 56.5 Å². The van der Waals surface area contributed by atoms with E-state index in [-0.39, 0.29) is 12.0 Å². The number of aromatic nitrogens is 2. The van der Waals surface area contributed by atoms with E-state index < -0.39 is 0 Å². The first-order valence-corrected chi connectivity index (χ1v) is 14.2. The van der Waals surface area contributed by atoms with Gasteiger partial charge in [0.1, 0.15) is 0 Å². The molecule has 43 heavy (non-hydrogen) atoms. The van der Waals surface area contributed by atoms with Gasteiger partial charge in [-0.25, -0.2) is 19.5 Å². The minimum Gasteiger partial charge on any atom is -0.465 e. The van der Waals surface area contributed by atoms with E-state index >= 15 is 0 Å². The van der Waals surface area contributed by atoms with Crippen LogP contribution < -0.4 is 10.2 Å². The van der Waals surface area contributed by atoms with Gasteiger partial charge in [-0.2, -0.15) is 5.10 Å². The van der Waals surface area contributed by atoms with E-state index in [1.807, 2.05) is 84.4 Å². The predicted octanol–water partition coefficient (Wildman–Crippen LogP) is 7.38.